The van der Waals surface area contributed by atoms with Gasteiger partial charge in [0.05, 0.1) is 13.0 Å². The predicted octanol–water partition coefficient (Wildman–Crippen LogP) is 2.59. The van der Waals surface area contributed by atoms with Gasteiger partial charge >= 0.3 is 5.97 Å². The van der Waals surface area contributed by atoms with E-state index < -0.39 is 0 Å². The smallest absolute Gasteiger partial charge is 0.307 e. The fraction of sp³-hybridized carbons (Fsp3) is 0.529. The maximum Gasteiger partial charge on any atom is 0.307 e. The lowest BCUT2D eigenvalue weighted by atomic mass is 10.1. The van der Waals surface area contributed by atoms with E-state index in [-0.39, 0.29) is 18.3 Å². The number of nitrogens with zero attached hydrogens (tertiary/aromatic N) is 1. The van der Waals surface area contributed by atoms with Crippen LogP contribution >= 0.6 is 0 Å². The second-order valence-electron chi connectivity index (χ2n) is 5.04. The van der Waals surface area contributed by atoms with E-state index in [0.29, 0.717) is 19.6 Å². The summed E-state index contributed by atoms with van der Waals surface area (Å²) in [5, 5.41) is 0. The van der Waals surface area contributed by atoms with Crippen LogP contribution in [0.3, 0.4) is 0 Å². The molecule has 4 heteroatoms. The van der Waals surface area contributed by atoms with E-state index in [0.717, 1.165) is 12.8 Å². The molecule has 1 amide bonds. The maximum absolute atomic E-state index is 12.0. The lowest BCUT2D eigenvalue weighted by Gasteiger charge is -2.16. The molecule has 0 aliphatic rings. The first kappa shape index (κ1) is 17.2. The number of hydrogen-bond donors (Lipinski definition) is 0. The Bertz CT molecular complexity index is 454. The molecule has 0 aliphatic carbocycles. The largest absolute Gasteiger partial charge is 0.466 e. The van der Waals surface area contributed by atoms with Crippen molar-refractivity contribution in [1.82, 2.24) is 4.90 Å². The number of esters is 1. The Morgan fingerprint density at radius 3 is 2.24 bits per heavy atom. The van der Waals surface area contributed by atoms with Gasteiger partial charge in [-0.3, -0.25) is 9.59 Å². The number of carbonyl (C=O) groups is 2. The highest BCUT2D eigenvalue weighted by Gasteiger charge is 2.11. The van der Waals surface area contributed by atoms with Gasteiger partial charge in [-0.05, 0) is 30.9 Å². The van der Waals surface area contributed by atoms with Crippen molar-refractivity contribution < 1.29 is 14.3 Å². The summed E-state index contributed by atoms with van der Waals surface area (Å²) in [4.78, 5) is 24.8. The highest BCUT2D eigenvalue weighted by atomic mass is 16.5. The molecule has 0 spiro atoms. The molecule has 0 radical (unpaired) electrons. The summed E-state index contributed by atoms with van der Waals surface area (Å²) in [7, 11) is 1.72. The molecule has 0 atom stereocenters. The number of rotatable bonds is 8. The van der Waals surface area contributed by atoms with Gasteiger partial charge in [0.25, 0.3) is 0 Å². The van der Waals surface area contributed by atoms with Crippen LogP contribution in [0.5, 0.6) is 0 Å². The summed E-state index contributed by atoms with van der Waals surface area (Å²) < 4.78 is 4.85. The molecule has 116 valence electrons. The van der Waals surface area contributed by atoms with Crippen molar-refractivity contribution in [3.63, 3.8) is 0 Å². The van der Waals surface area contributed by atoms with Crippen LogP contribution in [-0.4, -0.2) is 37.0 Å². The minimum Gasteiger partial charge on any atom is -0.466 e. The summed E-state index contributed by atoms with van der Waals surface area (Å²) in [6.45, 7) is 4.68. The van der Waals surface area contributed by atoms with Gasteiger partial charge < -0.3 is 9.64 Å². The Labute approximate surface area is 127 Å². The van der Waals surface area contributed by atoms with Crippen LogP contribution in [-0.2, 0) is 27.2 Å². The summed E-state index contributed by atoms with van der Waals surface area (Å²) in [6.07, 6.45) is 2.47. The standard InChI is InChI=1S/C17H25NO3/c1-4-14-6-8-15(9-7-14)10-11-16(19)18(3)13-12-17(20)21-5-2/h6-9H,4-5,10-13H2,1-3H3. The Morgan fingerprint density at radius 2 is 1.67 bits per heavy atom. The fourth-order valence-corrected chi connectivity index (χ4v) is 2.00. The van der Waals surface area contributed by atoms with Gasteiger partial charge in [-0.25, -0.2) is 0 Å². The van der Waals surface area contributed by atoms with Crippen LogP contribution in [0.2, 0.25) is 0 Å². The topological polar surface area (TPSA) is 46.6 Å². The normalized spacial score (nSPS) is 10.2. The zero-order valence-corrected chi connectivity index (χ0v) is 13.2. The molecule has 0 unspecified atom stereocenters. The highest BCUT2D eigenvalue weighted by Crippen LogP contribution is 2.08. The second-order valence-corrected chi connectivity index (χ2v) is 5.04. The van der Waals surface area contributed by atoms with Crippen LogP contribution in [0.1, 0.15) is 37.8 Å². The van der Waals surface area contributed by atoms with Crippen LogP contribution < -0.4 is 0 Å². The molecule has 1 aromatic rings. The molecule has 0 saturated heterocycles. The number of benzene rings is 1. The Balaban J connectivity index is 2.33. The van der Waals surface area contributed by atoms with Crippen LogP contribution in [0.25, 0.3) is 0 Å². The second kappa shape index (κ2) is 9.16. The molecule has 4 nitrogen and oxygen atoms in total. The summed E-state index contributed by atoms with van der Waals surface area (Å²) >= 11 is 0. The minimum atomic E-state index is -0.257. The quantitative estimate of drug-likeness (QED) is 0.692. The van der Waals surface area contributed by atoms with E-state index in [1.807, 2.05) is 0 Å². The van der Waals surface area contributed by atoms with Gasteiger partial charge in [-0.15, -0.1) is 0 Å². The summed E-state index contributed by atoms with van der Waals surface area (Å²) in [5.74, 6) is -0.203. The molecule has 0 aromatic heterocycles. The number of ether oxygens (including phenoxy) is 1. The maximum atomic E-state index is 12.0. The summed E-state index contributed by atoms with van der Waals surface area (Å²) in [6, 6.07) is 8.35. The summed E-state index contributed by atoms with van der Waals surface area (Å²) in [5.41, 5.74) is 2.47. The monoisotopic (exact) mass is 291 g/mol. The third-order valence-electron chi connectivity index (χ3n) is 3.44. The van der Waals surface area contributed by atoms with E-state index in [4.69, 9.17) is 4.74 Å². The first-order valence-electron chi connectivity index (χ1n) is 7.54. The predicted molar refractivity (Wildman–Crippen MR) is 83.0 cm³/mol. The van der Waals surface area contributed by atoms with E-state index in [1.54, 1.807) is 18.9 Å². The van der Waals surface area contributed by atoms with Crippen molar-refractivity contribution in [1.29, 1.82) is 0 Å². The SMILES string of the molecule is CCOC(=O)CCN(C)C(=O)CCc1ccc(CC)cc1. The van der Waals surface area contributed by atoms with Crippen molar-refractivity contribution in [2.24, 2.45) is 0 Å². The number of carbonyl (C=O) groups excluding carboxylic acids is 2. The van der Waals surface area contributed by atoms with Gasteiger partial charge in [0, 0.05) is 20.0 Å². The van der Waals surface area contributed by atoms with Gasteiger partial charge in [0.2, 0.25) is 5.91 Å². The number of hydrogen-bond acceptors (Lipinski definition) is 3. The van der Waals surface area contributed by atoms with Crippen molar-refractivity contribution >= 4 is 11.9 Å². The molecule has 0 fully saturated rings. The van der Waals surface area contributed by atoms with Crippen LogP contribution in [0.4, 0.5) is 0 Å². The molecule has 0 heterocycles. The first-order chi connectivity index (χ1) is 10.1. The van der Waals surface area contributed by atoms with Crippen molar-refractivity contribution in [2.45, 2.75) is 39.5 Å². The molecule has 0 aliphatic heterocycles. The fourth-order valence-electron chi connectivity index (χ4n) is 2.00. The average molecular weight is 291 g/mol. The number of aryl methyl sites for hydroxylation is 2. The third kappa shape index (κ3) is 6.43. The average Bonchev–Trinajstić information content (AvgIpc) is 2.51. The Kier molecular flexibility index (Phi) is 7.51. The zero-order valence-electron chi connectivity index (χ0n) is 13.2. The zero-order chi connectivity index (χ0) is 15.7. The molecule has 1 aromatic carbocycles. The molecule has 0 N–H and O–H groups in total. The van der Waals surface area contributed by atoms with Crippen molar-refractivity contribution in [3.05, 3.63) is 35.4 Å². The Morgan fingerprint density at radius 1 is 1.05 bits per heavy atom. The van der Waals surface area contributed by atoms with E-state index in [1.165, 1.54) is 11.1 Å². The van der Waals surface area contributed by atoms with Gasteiger partial charge in [-0.1, -0.05) is 31.2 Å². The molecular weight excluding hydrogens is 266 g/mol. The lowest BCUT2D eigenvalue weighted by molar-refractivity contribution is -0.143. The molecule has 21 heavy (non-hydrogen) atoms. The highest BCUT2D eigenvalue weighted by molar-refractivity contribution is 5.77. The molecular formula is C17H25NO3. The van der Waals surface area contributed by atoms with E-state index in [2.05, 4.69) is 31.2 Å². The minimum absolute atomic E-state index is 0.0545. The molecule has 0 saturated carbocycles. The van der Waals surface area contributed by atoms with Gasteiger partial charge in [0.15, 0.2) is 0 Å². The third-order valence-corrected chi connectivity index (χ3v) is 3.44. The van der Waals surface area contributed by atoms with Gasteiger partial charge in [0.1, 0.15) is 0 Å². The molecule has 0 bridgehead atoms. The van der Waals surface area contributed by atoms with Crippen LogP contribution in [0, 0.1) is 0 Å². The first-order valence-corrected chi connectivity index (χ1v) is 7.54. The lowest BCUT2D eigenvalue weighted by Crippen LogP contribution is -2.29. The van der Waals surface area contributed by atoms with Gasteiger partial charge in [-0.2, -0.15) is 0 Å². The Hall–Kier alpha value is -1.84. The van der Waals surface area contributed by atoms with E-state index in [9.17, 15) is 9.59 Å². The van der Waals surface area contributed by atoms with E-state index >= 15 is 0 Å². The number of amides is 1. The van der Waals surface area contributed by atoms with Crippen molar-refractivity contribution in [2.75, 3.05) is 20.2 Å². The van der Waals surface area contributed by atoms with Crippen LogP contribution in [0.15, 0.2) is 24.3 Å². The molecule has 1 rings (SSSR count). The van der Waals surface area contributed by atoms with Crippen molar-refractivity contribution in [3.8, 4) is 0 Å².